The Hall–Kier alpha value is -3.52. The third-order valence-electron chi connectivity index (χ3n) is 4.43. The van der Waals surface area contributed by atoms with E-state index >= 15 is 0 Å². The first-order valence-electron chi connectivity index (χ1n) is 8.36. The van der Waals surface area contributed by atoms with E-state index in [1.54, 1.807) is 60.4 Å². The fourth-order valence-corrected chi connectivity index (χ4v) is 3.82. The molecule has 4 rings (SSSR count). The molecule has 1 fully saturated rings. The Morgan fingerprint density at radius 1 is 1.18 bits per heavy atom. The van der Waals surface area contributed by atoms with Crippen LogP contribution in [0.2, 0.25) is 0 Å². The van der Waals surface area contributed by atoms with Crippen molar-refractivity contribution in [3.8, 4) is 5.75 Å². The maximum Gasteiger partial charge on any atom is 0.301 e. The topological polar surface area (TPSA) is 92.6 Å². The number of pyridine rings is 1. The van der Waals surface area contributed by atoms with Crippen molar-refractivity contribution in [3.63, 3.8) is 0 Å². The van der Waals surface area contributed by atoms with E-state index in [1.165, 1.54) is 23.3 Å². The molecule has 1 atom stereocenters. The summed E-state index contributed by atoms with van der Waals surface area (Å²) < 4.78 is 5.19. The molecule has 2 aromatic heterocycles. The lowest BCUT2D eigenvalue weighted by atomic mass is 9.96. The van der Waals surface area contributed by atoms with Crippen LogP contribution in [0.15, 0.2) is 65.9 Å². The van der Waals surface area contributed by atoms with Crippen molar-refractivity contribution in [2.45, 2.75) is 6.04 Å². The maximum atomic E-state index is 12.9. The number of ketones is 1. The lowest BCUT2D eigenvalue weighted by Gasteiger charge is -2.22. The number of benzene rings is 1. The molecule has 1 amide bonds. The Labute approximate surface area is 164 Å². The Kier molecular flexibility index (Phi) is 4.62. The zero-order valence-electron chi connectivity index (χ0n) is 14.8. The number of Topliss-reactive ketones (excluding diaryl/α,β-unsaturated/α-hetero) is 1. The predicted octanol–water partition coefficient (Wildman–Crippen LogP) is 3.17. The predicted molar refractivity (Wildman–Crippen MR) is 104 cm³/mol. The van der Waals surface area contributed by atoms with Crippen molar-refractivity contribution in [1.29, 1.82) is 0 Å². The Bertz CT molecular complexity index is 1060. The van der Waals surface area contributed by atoms with Gasteiger partial charge in [-0.25, -0.2) is 4.98 Å². The Morgan fingerprint density at radius 3 is 2.64 bits per heavy atom. The Balaban J connectivity index is 1.93. The van der Waals surface area contributed by atoms with Gasteiger partial charge in [0, 0.05) is 29.5 Å². The van der Waals surface area contributed by atoms with E-state index in [9.17, 15) is 14.7 Å². The third kappa shape index (κ3) is 2.93. The summed E-state index contributed by atoms with van der Waals surface area (Å²) in [6.45, 7) is 0. The fraction of sp³-hybridized carbons (Fsp3) is 0.100. The number of methoxy groups -OCH3 is 1. The molecule has 1 aliphatic heterocycles. The van der Waals surface area contributed by atoms with Crippen LogP contribution in [0.3, 0.4) is 0 Å². The van der Waals surface area contributed by atoms with Gasteiger partial charge in [0.25, 0.3) is 5.78 Å². The minimum absolute atomic E-state index is 0.000321. The average Bonchev–Trinajstić information content (AvgIpc) is 3.35. The first-order valence-corrected chi connectivity index (χ1v) is 9.24. The molecule has 8 heteroatoms. The summed E-state index contributed by atoms with van der Waals surface area (Å²) in [5, 5.41) is 13.1. The molecular weight excluding hydrogens is 378 g/mol. The maximum absolute atomic E-state index is 12.9. The number of thiazole rings is 1. The highest BCUT2D eigenvalue weighted by Crippen LogP contribution is 2.42. The van der Waals surface area contributed by atoms with E-state index in [4.69, 9.17) is 4.74 Å². The largest absolute Gasteiger partial charge is 0.507 e. The smallest absolute Gasteiger partial charge is 0.301 e. The third-order valence-corrected chi connectivity index (χ3v) is 5.21. The normalized spacial score (nSPS) is 18.5. The molecule has 0 unspecified atom stereocenters. The van der Waals surface area contributed by atoms with Gasteiger partial charge in [0.15, 0.2) is 5.13 Å². The zero-order chi connectivity index (χ0) is 19.7. The lowest BCUT2D eigenvalue weighted by Crippen LogP contribution is -2.29. The lowest BCUT2D eigenvalue weighted by molar-refractivity contribution is -0.132. The summed E-state index contributed by atoms with van der Waals surface area (Å²) in [4.78, 5) is 35.2. The molecule has 1 aliphatic rings. The summed E-state index contributed by atoms with van der Waals surface area (Å²) in [6.07, 6.45) is 4.71. The van der Waals surface area contributed by atoms with Crippen LogP contribution in [0.5, 0.6) is 5.75 Å². The van der Waals surface area contributed by atoms with Crippen LogP contribution < -0.4 is 9.64 Å². The standard InChI is InChI=1S/C20H15N3O4S/c1-27-14-4-2-3-13(11-14)17(24)15-16(12-5-7-21-8-6-12)23(19(26)18(15)25)20-22-9-10-28-20/h2-11,16,24H,1H3/t16-/m1/s1. The van der Waals surface area contributed by atoms with Crippen LogP contribution in [0, 0.1) is 0 Å². The number of hydrogen-bond acceptors (Lipinski definition) is 7. The van der Waals surface area contributed by atoms with Crippen LogP contribution in [0.1, 0.15) is 17.2 Å². The van der Waals surface area contributed by atoms with E-state index in [0.29, 0.717) is 22.0 Å². The van der Waals surface area contributed by atoms with Gasteiger partial charge in [-0.2, -0.15) is 0 Å². The zero-order valence-corrected chi connectivity index (χ0v) is 15.6. The van der Waals surface area contributed by atoms with E-state index in [1.807, 2.05) is 0 Å². The molecular formula is C20H15N3O4S. The highest BCUT2D eigenvalue weighted by atomic mass is 32.1. The second-order valence-corrected chi connectivity index (χ2v) is 6.87. The molecule has 1 saturated heterocycles. The van der Waals surface area contributed by atoms with Gasteiger partial charge < -0.3 is 9.84 Å². The van der Waals surface area contributed by atoms with Crippen molar-refractivity contribution in [2.24, 2.45) is 0 Å². The van der Waals surface area contributed by atoms with Crippen LogP contribution in [0.4, 0.5) is 5.13 Å². The van der Waals surface area contributed by atoms with Gasteiger partial charge >= 0.3 is 5.91 Å². The number of amides is 1. The summed E-state index contributed by atoms with van der Waals surface area (Å²) >= 11 is 1.24. The summed E-state index contributed by atoms with van der Waals surface area (Å²) in [5.41, 5.74) is 1.03. The van der Waals surface area contributed by atoms with Gasteiger partial charge in [0.05, 0.1) is 18.7 Å². The first kappa shape index (κ1) is 17.9. The number of aromatic nitrogens is 2. The van der Waals surface area contributed by atoms with Crippen molar-refractivity contribution >= 4 is 33.9 Å². The summed E-state index contributed by atoms with van der Waals surface area (Å²) in [7, 11) is 1.51. The second-order valence-electron chi connectivity index (χ2n) is 6.00. The van der Waals surface area contributed by atoms with Crippen LogP contribution in [0.25, 0.3) is 5.76 Å². The van der Waals surface area contributed by atoms with E-state index in [2.05, 4.69) is 9.97 Å². The highest BCUT2D eigenvalue weighted by Gasteiger charge is 2.47. The number of ether oxygens (including phenoxy) is 1. The quantitative estimate of drug-likeness (QED) is 0.416. The number of aliphatic hydroxyl groups is 1. The second kappa shape index (κ2) is 7.24. The van der Waals surface area contributed by atoms with E-state index in [0.717, 1.165) is 0 Å². The molecule has 3 heterocycles. The summed E-state index contributed by atoms with van der Waals surface area (Å²) in [6, 6.07) is 9.29. The molecule has 0 aliphatic carbocycles. The highest BCUT2D eigenvalue weighted by molar-refractivity contribution is 7.14. The molecule has 28 heavy (non-hydrogen) atoms. The van der Waals surface area contributed by atoms with Crippen LogP contribution in [-0.2, 0) is 9.59 Å². The van der Waals surface area contributed by atoms with E-state index in [-0.39, 0.29) is 11.3 Å². The summed E-state index contributed by atoms with van der Waals surface area (Å²) in [5.74, 6) is -1.24. The fourth-order valence-electron chi connectivity index (χ4n) is 3.15. The van der Waals surface area contributed by atoms with Gasteiger partial charge in [-0.3, -0.25) is 19.5 Å². The molecule has 1 aromatic carbocycles. The number of anilines is 1. The molecule has 0 saturated carbocycles. The number of rotatable bonds is 4. The minimum atomic E-state index is -0.805. The van der Waals surface area contributed by atoms with Gasteiger partial charge in [-0.15, -0.1) is 11.3 Å². The molecule has 0 spiro atoms. The molecule has 0 radical (unpaired) electrons. The number of carbonyl (C=O) groups excluding carboxylic acids is 2. The van der Waals surface area contributed by atoms with Crippen molar-refractivity contribution in [1.82, 2.24) is 9.97 Å². The van der Waals surface area contributed by atoms with Gasteiger partial charge in [0.2, 0.25) is 0 Å². The SMILES string of the molecule is COc1cccc(C(O)=C2C(=O)C(=O)N(c3nccs3)[C@@H]2c2ccncc2)c1. The molecule has 1 N–H and O–H groups in total. The number of hydrogen-bond donors (Lipinski definition) is 1. The van der Waals surface area contributed by atoms with Gasteiger partial charge in [0.1, 0.15) is 11.5 Å². The molecule has 140 valence electrons. The minimum Gasteiger partial charge on any atom is -0.507 e. The molecule has 0 bridgehead atoms. The van der Waals surface area contributed by atoms with E-state index < -0.39 is 17.7 Å². The number of carbonyl (C=O) groups is 2. The number of aliphatic hydroxyl groups excluding tert-OH is 1. The van der Waals surface area contributed by atoms with Crippen molar-refractivity contribution in [3.05, 3.63) is 77.1 Å². The number of nitrogens with zero attached hydrogens (tertiary/aromatic N) is 3. The first-order chi connectivity index (χ1) is 13.6. The van der Waals surface area contributed by atoms with Gasteiger partial charge in [-0.1, -0.05) is 12.1 Å². The monoisotopic (exact) mass is 393 g/mol. The van der Waals surface area contributed by atoms with Crippen LogP contribution in [-0.4, -0.2) is 33.9 Å². The molecule has 3 aromatic rings. The van der Waals surface area contributed by atoms with Crippen LogP contribution >= 0.6 is 11.3 Å². The average molecular weight is 393 g/mol. The van der Waals surface area contributed by atoms with Crippen molar-refractivity contribution in [2.75, 3.05) is 12.0 Å². The van der Waals surface area contributed by atoms with Crippen molar-refractivity contribution < 1.29 is 19.4 Å². The molecule has 7 nitrogen and oxygen atoms in total. The Morgan fingerprint density at radius 2 is 1.96 bits per heavy atom. The van der Waals surface area contributed by atoms with Gasteiger partial charge in [-0.05, 0) is 29.8 Å².